The molecule has 0 atom stereocenters. The van der Waals surface area contributed by atoms with Gasteiger partial charge in [0.2, 0.25) is 0 Å². The quantitative estimate of drug-likeness (QED) is 0.432. The molecule has 3 aromatic rings. The molecule has 1 amide bonds. The highest BCUT2D eigenvalue weighted by Gasteiger charge is 2.08. The predicted octanol–water partition coefficient (Wildman–Crippen LogP) is 4.09. The van der Waals surface area contributed by atoms with Crippen LogP contribution in [-0.4, -0.2) is 22.3 Å². The first-order chi connectivity index (χ1) is 13.5. The number of phenolic OH excluding ortho intramolecular Hbond substituents is 2. The van der Waals surface area contributed by atoms with E-state index in [1.165, 1.54) is 18.3 Å². The molecule has 0 aliphatic carbocycles. The van der Waals surface area contributed by atoms with Crippen LogP contribution in [0, 0.1) is 0 Å². The van der Waals surface area contributed by atoms with Crippen molar-refractivity contribution in [1.82, 2.24) is 5.43 Å². The summed E-state index contributed by atoms with van der Waals surface area (Å²) in [6.07, 6.45) is 1.45. The number of nitrogens with zero attached hydrogens (tertiary/aromatic N) is 1. The maximum atomic E-state index is 12.1. The van der Waals surface area contributed by atoms with Gasteiger partial charge in [-0.2, -0.15) is 5.10 Å². The summed E-state index contributed by atoms with van der Waals surface area (Å²) >= 11 is 6.14. The monoisotopic (exact) mass is 396 g/mol. The smallest absolute Gasteiger partial charge is 0.271 e. The molecule has 0 saturated carbocycles. The molecule has 0 unspecified atom stereocenters. The molecule has 28 heavy (non-hydrogen) atoms. The van der Waals surface area contributed by atoms with Crippen molar-refractivity contribution in [1.29, 1.82) is 0 Å². The molecule has 6 nitrogen and oxygen atoms in total. The van der Waals surface area contributed by atoms with Gasteiger partial charge in [-0.25, -0.2) is 5.43 Å². The van der Waals surface area contributed by atoms with Crippen molar-refractivity contribution in [3.63, 3.8) is 0 Å². The van der Waals surface area contributed by atoms with Crippen LogP contribution in [-0.2, 0) is 6.61 Å². The lowest BCUT2D eigenvalue weighted by Gasteiger charge is -2.10. The minimum absolute atomic E-state index is 0.0814. The van der Waals surface area contributed by atoms with E-state index < -0.39 is 5.91 Å². The van der Waals surface area contributed by atoms with Gasteiger partial charge in [-0.3, -0.25) is 4.79 Å². The standard InChI is InChI=1S/C21H17ClN2O4/c22-19-7-3-1-6-15(19)13-28-20-8-4-2-5-14(20)12-23-24-21(27)16-9-17(25)11-18(26)10-16/h1-12,25-26H,13H2,(H,24,27)/b23-12+. The number of amides is 1. The summed E-state index contributed by atoms with van der Waals surface area (Å²) in [7, 11) is 0. The van der Waals surface area contributed by atoms with E-state index in [1.54, 1.807) is 18.2 Å². The molecule has 0 spiro atoms. The third-order valence-corrected chi connectivity index (χ3v) is 4.16. The van der Waals surface area contributed by atoms with E-state index in [0.717, 1.165) is 11.6 Å². The first-order valence-corrected chi connectivity index (χ1v) is 8.72. The van der Waals surface area contributed by atoms with E-state index in [9.17, 15) is 15.0 Å². The Bertz CT molecular complexity index is 1000. The van der Waals surface area contributed by atoms with Crippen molar-refractivity contribution in [2.45, 2.75) is 6.61 Å². The Morgan fingerprint density at radius 1 is 1.04 bits per heavy atom. The SMILES string of the molecule is O=C(N/N=C/c1ccccc1OCc1ccccc1Cl)c1cc(O)cc(O)c1. The number of hydrogen-bond donors (Lipinski definition) is 3. The third-order valence-electron chi connectivity index (χ3n) is 3.79. The maximum Gasteiger partial charge on any atom is 0.271 e. The van der Waals surface area contributed by atoms with Crippen LogP contribution >= 0.6 is 11.6 Å². The van der Waals surface area contributed by atoms with Crippen LogP contribution in [0.4, 0.5) is 0 Å². The van der Waals surface area contributed by atoms with Gasteiger partial charge in [0.1, 0.15) is 23.9 Å². The average Bonchev–Trinajstić information content (AvgIpc) is 2.67. The highest BCUT2D eigenvalue weighted by molar-refractivity contribution is 6.31. The average molecular weight is 397 g/mol. The van der Waals surface area contributed by atoms with Gasteiger partial charge in [-0.15, -0.1) is 0 Å². The lowest BCUT2D eigenvalue weighted by molar-refractivity contribution is 0.0954. The number of aromatic hydroxyl groups is 2. The molecule has 0 saturated heterocycles. The molecule has 0 aliphatic rings. The van der Waals surface area contributed by atoms with E-state index >= 15 is 0 Å². The molecule has 0 bridgehead atoms. The van der Waals surface area contributed by atoms with Crippen molar-refractivity contribution in [3.8, 4) is 17.2 Å². The second-order valence-electron chi connectivity index (χ2n) is 5.86. The summed E-state index contributed by atoms with van der Waals surface area (Å²) in [4.78, 5) is 12.1. The van der Waals surface area contributed by atoms with Crippen LogP contribution in [0.25, 0.3) is 0 Å². The molecular weight excluding hydrogens is 380 g/mol. The Hall–Kier alpha value is -3.51. The molecule has 0 radical (unpaired) electrons. The topological polar surface area (TPSA) is 91.2 Å². The van der Waals surface area contributed by atoms with Crippen LogP contribution in [0.15, 0.2) is 71.8 Å². The predicted molar refractivity (Wildman–Crippen MR) is 107 cm³/mol. The number of phenols is 2. The van der Waals surface area contributed by atoms with E-state index in [1.807, 2.05) is 30.3 Å². The zero-order valence-corrected chi connectivity index (χ0v) is 15.4. The summed E-state index contributed by atoms with van der Waals surface area (Å²) in [6, 6.07) is 18.2. The van der Waals surface area contributed by atoms with Gasteiger partial charge in [0.25, 0.3) is 5.91 Å². The van der Waals surface area contributed by atoms with Crippen molar-refractivity contribution in [2.24, 2.45) is 5.10 Å². The minimum atomic E-state index is -0.572. The molecule has 3 rings (SSSR count). The van der Waals surface area contributed by atoms with Crippen molar-refractivity contribution in [3.05, 3.63) is 88.4 Å². The van der Waals surface area contributed by atoms with Crippen LogP contribution in [0.1, 0.15) is 21.5 Å². The van der Waals surface area contributed by atoms with Crippen molar-refractivity contribution in [2.75, 3.05) is 0 Å². The molecule has 0 fully saturated rings. The summed E-state index contributed by atoms with van der Waals surface area (Å²) in [5, 5.41) is 23.4. The van der Waals surface area contributed by atoms with Crippen LogP contribution in [0.2, 0.25) is 5.02 Å². The molecule has 142 valence electrons. The third kappa shape index (κ3) is 5.02. The van der Waals surface area contributed by atoms with E-state index in [-0.39, 0.29) is 17.1 Å². The number of benzene rings is 3. The summed E-state index contributed by atoms with van der Waals surface area (Å²) in [6.45, 7) is 0.291. The zero-order valence-electron chi connectivity index (χ0n) is 14.7. The second-order valence-corrected chi connectivity index (χ2v) is 6.26. The zero-order chi connectivity index (χ0) is 19.9. The Kier molecular flexibility index (Phi) is 6.14. The maximum absolute atomic E-state index is 12.1. The van der Waals surface area contributed by atoms with Crippen LogP contribution in [0.3, 0.4) is 0 Å². The molecule has 0 aromatic heterocycles. The number of carbonyl (C=O) groups excluding carboxylic acids is 1. The molecule has 0 heterocycles. The fraction of sp³-hybridized carbons (Fsp3) is 0.0476. The van der Waals surface area contributed by atoms with Crippen molar-refractivity contribution >= 4 is 23.7 Å². The summed E-state index contributed by atoms with van der Waals surface area (Å²) in [5.41, 5.74) is 3.94. The Labute approximate surface area is 166 Å². The minimum Gasteiger partial charge on any atom is -0.508 e. The first kappa shape index (κ1) is 19.3. The number of nitrogens with one attached hydrogen (secondary N) is 1. The van der Waals surface area contributed by atoms with Crippen molar-refractivity contribution < 1.29 is 19.7 Å². The normalized spacial score (nSPS) is 10.8. The van der Waals surface area contributed by atoms with Gasteiger partial charge in [0.05, 0.1) is 6.21 Å². The molecule has 7 heteroatoms. The number of ether oxygens (including phenoxy) is 1. The Balaban J connectivity index is 1.67. The van der Waals surface area contributed by atoms with E-state index in [0.29, 0.717) is 22.9 Å². The van der Waals surface area contributed by atoms with E-state index in [2.05, 4.69) is 10.5 Å². The Morgan fingerprint density at radius 2 is 1.71 bits per heavy atom. The van der Waals surface area contributed by atoms with Gasteiger partial charge in [-0.1, -0.05) is 41.9 Å². The number of hydrazone groups is 1. The van der Waals surface area contributed by atoms with Gasteiger partial charge in [0.15, 0.2) is 0 Å². The summed E-state index contributed by atoms with van der Waals surface area (Å²) in [5.74, 6) is -0.424. The van der Waals surface area contributed by atoms with Gasteiger partial charge < -0.3 is 14.9 Å². The lowest BCUT2D eigenvalue weighted by Crippen LogP contribution is -2.17. The first-order valence-electron chi connectivity index (χ1n) is 8.34. The fourth-order valence-corrected chi connectivity index (χ4v) is 2.63. The molecule has 0 aliphatic heterocycles. The number of halogens is 1. The summed E-state index contributed by atoms with van der Waals surface area (Å²) < 4.78 is 5.82. The van der Waals surface area contributed by atoms with Gasteiger partial charge in [0, 0.05) is 27.8 Å². The number of carbonyl (C=O) groups is 1. The van der Waals surface area contributed by atoms with Crippen LogP contribution < -0.4 is 10.2 Å². The fourth-order valence-electron chi connectivity index (χ4n) is 2.44. The molecule has 3 aromatic carbocycles. The lowest BCUT2D eigenvalue weighted by atomic mass is 10.2. The number of hydrogen-bond acceptors (Lipinski definition) is 5. The number of rotatable bonds is 6. The van der Waals surface area contributed by atoms with Gasteiger partial charge in [-0.05, 0) is 30.3 Å². The molecular formula is C21H17ClN2O4. The van der Waals surface area contributed by atoms with Crippen LogP contribution in [0.5, 0.6) is 17.2 Å². The molecule has 3 N–H and O–H groups in total. The highest BCUT2D eigenvalue weighted by Crippen LogP contribution is 2.22. The number of para-hydroxylation sites is 1. The highest BCUT2D eigenvalue weighted by atomic mass is 35.5. The Morgan fingerprint density at radius 3 is 2.46 bits per heavy atom. The second kappa shape index (κ2) is 8.92. The van der Waals surface area contributed by atoms with Gasteiger partial charge >= 0.3 is 0 Å². The largest absolute Gasteiger partial charge is 0.508 e. The van der Waals surface area contributed by atoms with E-state index in [4.69, 9.17) is 16.3 Å².